The van der Waals surface area contributed by atoms with Crippen LogP contribution in [0.5, 0.6) is 0 Å². The summed E-state index contributed by atoms with van der Waals surface area (Å²) in [6.45, 7) is 2.71. The molecule has 0 amide bonds. The van der Waals surface area contributed by atoms with Gasteiger partial charge >= 0.3 is 5.97 Å². The summed E-state index contributed by atoms with van der Waals surface area (Å²) in [5.74, 6) is -0.00421. The average molecular weight is 223 g/mol. The van der Waals surface area contributed by atoms with E-state index in [1.54, 1.807) is 0 Å². The van der Waals surface area contributed by atoms with E-state index in [9.17, 15) is 9.59 Å². The molecule has 0 radical (unpaired) electrons. The van der Waals surface area contributed by atoms with Crippen molar-refractivity contribution in [1.82, 2.24) is 4.90 Å². The molecule has 2 rings (SSSR count). The van der Waals surface area contributed by atoms with Crippen LogP contribution in [-0.2, 0) is 14.3 Å². The number of hydrogen-bond acceptors (Lipinski definition) is 4. The molecule has 0 aromatic rings. The first-order chi connectivity index (χ1) is 7.65. The minimum absolute atomic E-state index is 0.0638. The second-order valence-electron chi connectivity index (χ2n) is 4.46. The topological polar surface area (TPSA) is 46.6 Å². The van der Waals surface area contributed by atoms with Gasteiger partial charge in [-0.25, -0.2) is 4.79 Å². The SMILES string of the molecule is COC(=O)C1CCCN1C1=CC[C@H](C)C1=O. The van der Waals surface area contributed by atoms with Gasteiger partial charge in [-0.2, -0.15) is 0 Å². The zero-order chi connectivity index (χ0) is 11.7. The van der Waals surface area contributed by atoms with Gasteiger partial charge in [-0.15, -0.1) is 0 Å². The number of nitrogens with zero attached hydrogens (tertiary/aromatic N) is 1. The molecule has 16 heavy (non-hydrogen) atoms. The number of carbonyl (C=O) groups excluding carboxylic acids is 2. The molecule has 0 spiro atoms. The third-order valence-electron chi connectivity index (χ3n) is 3.40. The fraction of sp³-hybridized carbons (Fsp3) is 0.667. The third-order valence-corrected chi connectivity index (χ3v) is 3.40. The fourth-order valence-electron chi connectivity index (χ4n) is 2.44. The normalized spacial score (nSPS) is 29.5. The van der Waals surface area contributed by atoms with Crippen LogP contribution in [-0.4, -0.2) is 36.3 Å². The number of ketones is 1. The maximum absolute atomic E-state index is 11.9. The molecule has 4 nitrogen and oxygen atoms in total. The highest BCUT2D eigenvalue weighted by atomic mass is 16.5. The Morgan fingerprint density at radius 3 is 2.88 bits per heavy atom. The van der Waals surface area contributed by atoms with E-state index in [4.69, 9.17) is 4.74 Å². The van der Waals surface area contributed by atoms with Crippen molar-refractivity contribution in [2.45, 2.75) is 32.2 Å². The van der Waals surface area contributed by atoms with Crippen molar-refractivity contribution >= 4 is 11.8 Å². The first-order valence-electron chi connectivity index (χ1n) is 5.74. The Labute approximate surface area is 95.2 Å². The standard InChI is InChI=1S/C12H17NO3/c1-8-5-6-9(11(8)14)13-7-3-4-10(13)12(15)16-2/h6,8,10H,3-5,7H2,1-2H3/t8-,10?/m0/s1. The van der Waals surface area contributed by atoms with Crippen LogP contribution >= 0.6 is 0 Å². The summed E-state index contributed by atoms with van der Waals surface area (Å²) in [6.07, 6.45) is 4.47. The van der Waals surface area contributed by atoms with Crippen LogP contribution in [0.4, 0.5) is 0 Å². The number of allylic oxidation sites excluding steroid dienone is 2. The van der Waals surface area contributed by atoms with Crippen molar-refractivity contribution in [2.75, 3.05) is 13.7 Å². The number of likely N-dealkylation sites (tertiary alicyclic amines) is 1. The summed E-state index contributed by atoms with van der Waals surface area (Å²) in [5.41, 5.74) is 0.723. The number of esters is 1. The molecular weight excluding hydrogens is 206 g/mol. The van der Waals surface area contributed by atoms with Crippen molar-refractivity contribution in [3.05, 3.63) is 11.8 Å². The minimum Gasteiger partial charge on any atom is -0.467 e. The van der Waals surface area contributed by atoms with E-state index < -0.39 is 0 Å². The van der Waals surface area contributed by atoms with E-state index in [1.165, 1.54) is 7.11 Å². The molecule has 4 heteroatoms. The van der Waals surface area contributed by atoms with Crippen molar-refractivity contribution in [3.63, 3.8) is 0 Å². The molecule has 0 aromatic heterocycles. The maximum Gasteiger partial charge on any atom is 0.328 e. The van der Waals surface area contributed by atoms with Crippen LogP contribution < -0.4 is 0 Å². The first-order valence-corrected chi connectivity index (χ1v) is 5.74. The molecule has 0 bridgehead atoms. The number of Topliss-reactive ketones (excluding diaryl/α,β-unsaturated/α-hetero) is 1. The number of methoxy groups -OCH3 is 1. The van der Waals surface area contributed by atoms with Gasteiger partial charge in [-0.3, -0.25) is 4.79 Å². The Hall–Kier alpha value is -1.32. The van der Waals surface area contributed by atoms with Gasteiger partial charge < -0.3 is 9.64 Å². The Morgan fingerprint density at radius 2 is 2.31 bits per heavy atom. The zero-order valence-electron chi connectivity index (χ0n) is 9.73. The van der Waals surface area contributed by atoms with Crippen LogP contribution in [0.1, 0.15) is 26.2 Å². The summed E-state index contributed by atoms with van der Waals surface area (Å²) in [4.78, 5) is 25.4. The van der Waals surface area contributed by atoms with E-state index in [-0.39, 0.29) is 23.7 Å². The predicted octanol–water partition coefficient (Wildman–Crippen LogP) is 1.12. The molecule has 88 valence electrons. The molecule has 1 fully saturated rings. The number of ether oxygens (including phenoxy) is 1. The highest BCUT2D eigenvalue weighted by molar-refractivity contribution is 5.99. The van der Waals surface area contributed by atoms with Gasteiger partial charge in [-0.05, 0) is 19.3 Å². The van der Waals surface area contributed by atoms with Gasteiger partial charge in [0.05, 0.1) is 12.8 Å². The molecule has 2 atom stereocenters. The Morgan fingerprint density at radius 1 is 1.56 bits per heavy atom. The largest absolute Gasteiger partial charge is 0.467 e. The zero-order valence-corrected chi connectivity index (χ0v) is 9.73. The lowest BCUT2D eigenvalue weighted by atomic mass is 10.1. The second kappa shape index (κ2) is 4.28. The molecule has 1 saturated heterocycles. The van der Waals surface area contributed by atoms with Crippen molar-refractivity contribution in [2.24, 2.45) is 5.92 Å². The lowest BCUT2D eigenvalue weighted by Gasteiger charge is -2.25. The summed E-state index contributed by atoms with van der Waals surface area (Å²) in [7, 11) is 1.40. The van der Waals surface area contributed by atoms with Crippen LogP contribution in [0.15, 0.2) is 11.8 Å². The van der Waals surface area contributed by atoms with Gasteiger partial charge in [-0.1, -0.05) is 13.0 Å². The van der Waals surface area contributed by atoms with Gasteiger partial charge in [0.2, 0.25) is 0 Å². The van der Waals surface area contributed by atoms with E-state index >= 15 is 0 Å². The van der Waals surface area contributed by atoms with Crippen LogP contribution in [0.2, 0.25) is 0 Å². The number of carbonyl (C=O) groups is 2. The fourth-order valence-corrected chi connectivity index (χ4v) is 2.44. The minimum atomic E-state index is -0.259. The van der Waals surface area contributed by atoms with E-state index in [2.05, 4.69) is 0 Å². The maximum atomic E-state index is 11.9. The monoisotopic (exact) mass is 223 g/mol. The van der Waals surface area contributed by atoms with E-state index in [1.807, 2.05) is 17.9 Å². The molecule has 1 aliphatic carbocycles. The smallest absolute Gasteiger partial charge is 0.328 e. The quantitative estimate of drug-likeness (QED) is 0.658. The first kappa shape index (κ1) is 11.2. The average Bonchev–Trinajstić information content (AvgIpc) is 2.86. The molecule has 0 saturated carbocycles. The van der Waals surface area contributed by atoms with Crippen molar-refractivity contribution in [3.8, 4) is 0 Å². The van der Waals surface area contributed by atoms with E-state index in [0.29, 0.717) is 0 Å². The van der Waals surface area contributed by atoms with Crippen molar-refractivity contribution in [1.29, 1.82) is 0 Å². The van der Waals surface area contributed by atoms with Gasteiger partial charge in [0.15, 0.2) is 5.78 Å². The van der Waals surface area contributed by atoms with Crippen LogP contribution in [0.3, 0.4) is 0 Å². The second-order valence-corrected chi connectivity index (χ2v) is 4.46. The van der Waals surface area contributed by atoms with E-state index in [0.717, 1.165) is 31.5 Å². The number of rotatable bonds is 2. The highest BCUT2D eigenvalue weighted by Gasteiger charge is 2.37. The third kappa shape index (κ3) is 1.72. The predicted molar refractivity (Wildman–Crippen MR) is 58.6 cm³/mol. The van der Waals surface area contributed by atoms with Crippen LogP contribution in [0, 0.1) is 5.92 Å². The summed E-state index contributed by atoms with van der Waals surface area (Å²) < 4.78 is 4.77. The molecule has 1 aliphatic heterocycles. The summed E-state index contributed by atoms with van der Waals surface area (Å²) >= 11 is 0. The molecule has 0 aromatic carbocycles. The lowest BCUT2D eigenvalue weighted by Crippen LogP contribution is -2.38. The molecule has 0 N–H and O–H groups in total. The molecular formula is C12H17NO3. The number of hydrogen-bond donors (Lipinski definition) is 0. The Bertz CT molecular complexity index is 348. The van der Waals surface area contributed by atoms with Gasteiger partial charge in [0, 0.05) is 12.5 Å². The van der Waals surface area contributed by atoms with Gasteiger partial charge in [0.1, 0.15) is 6.04 Å². The lowest BCUT2D eigenvalue weighted by molar-refractivity contribution is -0.145. The Kier molecular flexibility index (Phi) is 2.99. The molecule has 1 unspecified atom stereocenters. The summed E-state index contributed by atoms with van der Waals surface area (Å²) in [6, 6.07) is -0.259. The Balaban J connectivity index is 2.15. The highest BCUT2D eigenvalue weighted by Crippen LogP contribution is 2.30. The van der Waals surface area contributed by atoms with Crippen molar-refractivity contribution < 1.29 is 14.3 Å². The van der Waals surface area contributed by atoms with Crippen LogP contribution in [0.25, 0.3) is 0 Å². The molecule has 1 heterocycles. The molecule has 2 aliphatic rings. The van der Waals surface area contributed by atoms with Gasteiger partial charge in [0.25, 0.3) is 0 Å². The summed E-state index contributed by atoms with van der Waals surface area (Å²) in [5, 5.41) is 0.